The number of aromatic hydroxyl groups is 1. The van der Waals surface area contributed by atoms with Crippen LogP contribution in [0.5, 0.6) is 5.75 Å². The second kappa shape index (κ2) is 63.5. The van der Waals surface area contributed by atoms with Gasteiger partial charge in [-0.05, 0) is 135 Å². The van der Waals surface area contributed by atoms with Crippen molar-refractivity contribution in [3.8, 4) is 5.75 Å². The van der Waals surface area contributed by atoms with Gasteiger partial charge in [0, 0.05) is 140 Å². The zero-order chi connectivity index (χ0) is 107. The Kier molecular flexibility index (Phi) is 50.9. The molecule has 45 heteroatoms. The van der Waals surface area contributed by atoms with Crippen LogP contribution in [-0.4, -0.2) is 285 Å². The number of thioether (sulfide) groups is 2. The number of aromatic amines is 3. The normalized spacial score (nSPS) is 19.8. The first-order valence-electron chi connectivity index (χ1n) is 50.6. The van der Waals surface area contributed by atoms with Gasteiger partial charge in [-0.2, -0.15) is 23.5 Å². The first-order chi connectivity index (χ1) is 71.2. The van der Waals surface area contributed by atoms with Crippen LogP contribution in [0.1, 0.15) is 202 Å². The Morgan fingerprint density at radius 3 is 1.64 bits per heavy atom. The first-order valence-corrected chi connectivity index (χ1v) is 52.9. The molecule has 148 heavy (non-hydrogen) atoms. The number of halogens is 2. The van der Waals surface area contributed by atoms with Crippen LogP contribution in [0.2, 0.25) is 0 Å². The van der Waals surface area contributed by atoms with E-state index in [2.05, 4.69) is 90.7 Å². The Bertz CT molecular complexity index is 5530. The number of fused-ring (bicyclic) bond motifs is 5. The summed E-state index contributed by atoms with van der Waals surface area (Å²) in [6.07, 6.45) is 18.5. The van der Waals surface area contributed by atoms with E-state index in [0.29, 0.717) is 34.5 Å². The fourth-order valence-corrected chi connectivity index (χ4v) is 19.0. The maximum absolute atomic E-state index is 15.4. The second-order valence-electron chi connectivity index (χ2n) is 37.1. The number of primary amides is 1. The molecule has 808 valence electrons. The third kappa shape index (κ3) is 41.5. The van der Waals surface area contributed by atoms with Gasteiger partial charge in [0.1, 0.15) is 90.5 Å². The van der Waals surface area contributed by atoms with Gasteiger partial charge in [-0.1, -0.05) is 120 Å². The van der Waals surface area contributed by atoms with Gasteiger partial charge in [-0.25, -0.2) is 18.6 Å². The number of benzene rings is 4. The minimum absolute atomic E-state index is 0.00423. The predicted octanol–water partition coefficient (Wildman–Crippen LogP) is 5.85. The molecule has 10 atom stereocenters. The number of hydrogen-bond acceptors (Lipinski definition) is 24. The monoisotopic (exact) mass is 2100 g/mol. The molecule has 0 saturated carbocycles. The SMILES string of the molecule is CCCCCCCCCCCCCCCC(=O)N[C@@H](CCC(=O)NCCOCCOCC(=O)NCCOCCOCC(=O)NCCCC[C@@H]1NC(=O)CCSCc2cccc(c2)CSC[C@@H](C(N)=O)NC(=O)[C@]2(C)CCCN2C(=O)[C@H](Cc2ccc(O)cc2)NC(=O)[C@H](Cc2cnc[nH]2)NC(=O)[C@H](CC(=O)O)NC(=O)[C@H](Cc2c[nH]c3ccc(F)cc23)NC(=O)[C@H](Cc2c[nH]c3ccc(F)cc23)NC(=O)[C@@H](C)NC1=O)C(=O)O. The summed E-state index contributed by atoms with van der Waals surface area (Å²) >= 11 is 2.70. The van der Waals surface area contributed by atoms with Crippen molar-refractivity contribution in [1.82, 2.24) is 88.6 Å². The Morgan fingerprint density at radius 1 is 0.541 bits per heavy atom. The van der Waals surface area contributed by atoms with Crippen LogP contribution in [0, 0.1) is 11.6 Å². The molecular weight excluding hydrogens is 1960 g/mol. The number of nitrogens with one attached hydrogen (secondary N) is 15. The van der Waals surface area contributed by atoms with E-state index in [-0.39, 0.29) is 194 Å². The number of aromatic nitrogens is 4. The highest BCUT2D eigenvalue weighted by atomic mass is 32.2. The standard InChI is InChI=1S/C103H142F2N18O23S2/c1-4-5-6-7-8-9-10-11-12-13-14-15-16-24-88(126)116-80(101(140)141)33-34-87(125)109-38-41-143-43-46-146-60-91(129)110-39-42-144-44-45-145-59-90(128)108-37-18-17-23-79-95(134)114-65(2)94(133)117-81(50-69-56-111-77-31-27-71(104)52-75(69)77)96(135)118-82(51-70-57-112-78-32-28-72(105)53-76(70)78)97(136)120-84(55-92(130)131)99(138)119-83(54-73-58-107-64-113-73)98(137)121-85(49-66-25-29-74(124)30-26-66)100(139)123-40-20-36-103(123,3)102(142)122-86(93(106)132)63-148-62-68-22-19-21-67(48-68)61-147-47-35-89(127)115-79/h19,21-22,25-32,48,52-53,56-58,64-65,79-86,111-112,124H,4-18,20,23-24,33-47,49-51,54-55,59-63H2,1-3H3,(H2,106,132)(H,107,113)(H,108,128)(H,109,125)(H,110,129)(H,114,134)(H,115,127)(H,116,126)(H,117,133)(H,118,135)(H,119,138)(H,120,136)(H,121,137)(H,122,142)(H,130,131)(H,140,141)/t65-,79+,80+,81+,82+,83+,84+,85+,86+,103+/m1/s1. The van der Waals surface area contributed by atoms with Crippen LogP contribution in [0.25, 0.3) is 21.8 Å². The number of nitrogens with two attached hydrogens (primary N) is 1. The second-order valence-corrected chi connectivity index (χ2v) is 39.3. The number of hydrogen-bond donors (Lipinski definition) is 19. The lowest BCUT2D eigenvalue weighted by atomic mass is 9.95. The summed E-state index contributed by atoms with van der Waals surface area (Å²) in [6, 6.07) is 6.43. The number of carboxylic acids is 2. The van der Waals surface area contributed by atoms with E-state index in [1.807, 2.05) is 24.3 Å². The van der Waals surface area contributed by atoms with Crippen molar-refractivity contribution in [3.05, 3.63) is 155 Å². The quantitative estimate of drug-likeness (QED) is 0.0199. The zero-order valence-electron chi connectivity index (χ0n) is 84.0. The van der Waals surface area contributed by atoms with Gasteiger partial charge in [0.15, 0.2) is 0 Å². The van der Waals surface area contributed by atoms with Gasteiger partial charge in [-0.15, -0.1) is 0 Å². The molecule has 0 aliphatic carbocycles. The van der Waals surface area contributed by atoms with E-state index in [1.165, 1.54) is 174 Å². The van der Waals surface area contributed by atoms with Crippen molar-refractivity contribution >= 4 is 140 Å². The summed E-state index contributed by atoms with van der Waals surface area (Å²) in [5.74, 6) is -14.5. The van der Waals surface area contributed by atoms with E-state index in [9.17, 15) is 68.1 Å². The number of phenols is 1. The molecule has 41 nitrogen and oxygen atoms in total. The number of ether oxygens (including phenoxy) is 4. The number of carbonyl (C=O) groups excluding carboxylic acids is 14. The van der Waals surface area contributed by atoms with Crippen LogP contribution in [-0.2, 0) is 133 Å². The number of carbonyl (C=O) groups is 16. The Balaban J connectivity index is 0.806. The Labute approximate surface area is 866 Å². The summed E-state index contributed by atoms with van der Waals surface area (Å²) in [5, 5.41) is 62.7. The van der Waals surface area contributed by atoms with Crippen molar-refractivity contribution in [2.45, 2.75) is 266 Å². The molecule has 2 aliphatic rings. The van der Waals surface area contributed by atoms with E-state index in [0.717, 1.165) is 42.5 Å². The van der Waals surface area contributed by atoms with Gasteiger partial charge in [0.05, 0.1) is 52.4 Å². The molecule has 2 bridgehead atoms. The average molecular weight is 2100 g/mol. The van der Waals surface area contributed by atoms with E-state index >= 15 is 32.8 Å². The molecular formula is C103H142F2N18O23S2. The molecule has 2 aliphatic heterocycles. The minimum atomic E-state index is -2.10. The van der Waals surface area contributed by atoms with Crippen LogP contribution >= 0.6 is 23.5 Å². The van der Waals surface area contributed by atoms with Crippen molar-refractivity contribution in [1.29, 1.82) is 0 Å². The van der Waals surface area contributed by atoms with Gasteiger partial charge < -0.3 is 124 Å². The first kappa shape index (κ1) is 118. The molecule has 1 fully saturated rings. The molecule has 0 spiro atoms. The highest BCUT2D eigenvalue weighted by Crippen LogP contribution is 2.33. The fraction of sp³-hybridized carbons (Fsp3) is 0.544. The molecule has 4 aromatic carbocycles. The van der Waals surface area contributed by atoms with Gasteiger partial charge in [0.25, 0.3) is 0 Å². The van der Waals surface area contributed by atoms with E-state index in [4.69, 9.17) is 24.7 Å². The maximum atomic E-state index is 15.4. The number of rotatable bonds is 51. The predicted molar refractivity (Wildman–Crippen MR) is 549 cm³/mol. The minimum Gasteiger partial charge on any atom is -0.508 e. The molecule has 0 unspecified atom stereocenters. The summed E-state index contributed by atoms with van der Waals surface area (Å²) in [6.45, 7) is 5.24. The lowest BCUT2D eigenvalue weighted by Crippen LogP contribution is -2.63. The molecule has 7 aromatic rings. The number of aliphatic carboxylic acids is 2. The molecule has 5 heterocycles. The van der Waals surface area contributed by atoms with Crippen LogP contribution in [0.3, 0.4) is 0 Å². The highest BCUT2D eigenvalue weighted by molar-refractivity contribution is 7.98. The largest absolute Gasteiger partial charge is 0.508 e. The number of phenolic OH excluding ortho intramolecular Hbond substituents is 1. The number of nitrogens with zero attached hydrogens (tertiary/aromatic N) is 2. The molecule has 1 saturated heterocycles. The Morgan fingerprint density at radius 2 is 1.07 bits per heavy atom. The lowest BCUT2D eigenvalue weighted by molar-refractivity contribution is -0.147. The van der Waals surface area contributed by atoms with Crippen LogP contribution < -0.4 is 69.5 Å². The molecule has 14 amide bonds. The Hall–Kier alpha value is -13.1. The number of unbranched alkanes of at least 4 members (excludes halogenated alkanes) is 13. The van der Waals surface area contributed by atoms with Crippen molar-refractivity contribution in [2.75, 3.05) is 90.5 Å². The molecule has 3 aromatic heterocycles. The average Bonchev–Trinajstić information content (AvgIpc) is 1.61. The van der Waals surface area contributed by atoms with E-state index in [1.54, 1.807) is 0 Å². The number of amides is 14. The van der Waals surface area contributed by atoms with Crippen molar-refractivity contribution in [3.63, 3.8) is 0 Å². The third-order valence-electron chi connectivity index (χ3n) is 25.3. The molecule has 9 rings (SSSR count). The van der Waals surface area contributed by atoms with Crippen LogP contribution in [0.4, 0.5) is 8.78 Å². The van der Waals surface area contributed by atoms with Gasteiger partial charge in [-0.3, -0.25) is 71.9 Å². The molecule has 0 radical (unpaired) electrons. The van der Waals surface area contributed by atoms with E-state index < -0.39 is 186 Å². The third-order valence-corrected chi connectivity index (χ3v) is 27.4. The van der Waals surface area contributed by atoms with Crippen molar-refractivity contribution < 1.29 is 120 Å². The molecule has 20 N–H and O–H groups in total. The number of H-pyrrole nitrogens is 3. The zero-order valence-corrected chi connectivity index (χ0v) is 85.7. The highest BCUT2D eigenvalue weighted by Gasteiger charge is 2.49. The summed E-state index contributed by atoms with van der Waals surface area (Å²) in [4.78, 5) is 237. The van der Waals surface area contributed by atoms with Crippen molar-refractivity contribution in [2.24, 2.45) is 5.73 Å². The summed E-state index contributed by atoms with van der Waals surface area (Å²) in [7, 11) is 0. The topological polar surface area (TPSA) is 605 Å². The number of imidazole rings is 1. The van der Waals surface area contributed by atoms with Gasteiger partial charge >= 0.3 is 11.9 Å². The van der Waals surface area contributed by atoms with Gasteiger partial charge in [0.2, 0.25) is 82.7 Å². The summed E-state index contributed by atoms with van der Waals surface area (Å²) in [5.41, 5.74) is 7.88. The fourth-order valence-electron chi connectivity index (χ4n) is 17.1. The summed E-state index contributed by atoms with van der Waals surface area (Å²) < 4.78 is 52.2. The van der Waals surface area contributed by atoms with Crippen LogP contribution in [0.15, 0.2) is 110 Å². The smallest absolute Gasteiger partial charge is 0.326 e. The number of carboxylic acid groups (broad SMARTS) is 2. The lowest BCUT2D eigenvalue weighted by Gasteiger charge is -2.37. The maximum Gasteiger partial charge on any atom is 0.326 e.